The summed E-state index contributed by atoms with van der Waals surface area (Å²) in [6, 6.07) is 11.4. The highest BCUT2D eigenvalue weighted by Gasteiger charge is 2.25. The summed E-state index contributed by atoms with van der Waals surface area (Å²) in [5.74, 6) is 0.531. The molecule has 4 rings (SSSR count). The monoisotopic (exact) mass is 379 g/mol. The maximum absolute atomic E-state index is 12.0. The van der Waals surface area contributed by atoms with Crippen LogP contribution in [-0.4, -0.2) is 31.5 Å². The molecule has 2 aromatic rings. The lowest BCUT2D eigenvalue weighted by Gasteiger charge is -2.27. The van der Waals surface area contributed by atoms with Crippen LogP contribution < -0.4 is 10.5 Å². The van der Waals surface area contributed by atoms with E-state index in [1.807, 2.05) is 30.3 Å². The van der Waals surface area contributed by atoms with Gasteiger partial charge in [0.2, 0.25) is 5.91 Å². The summed E-state index contributed by atoms with van der Waals surface area (Å²) in [7, 11) is 0. The molecule has 2 aromatic carbocycles. The van der Waals surface area contributed by atoms with Gasteiger partial charge in [0.25, 0.3) is 0 Å². The SMILES string of the molecule is NC(=O)c1ccc(OC[C@@H]2CCCO2)cc1[C@H]1CCc2cc(C=O)ccc2C1. The molecule has 2 aliphatic rings. The Labute approximate surface area is 164 Å². The van der Waals surface area contributed by atoms with Crippen LogP contribution in [0.4, 0.5) is 0 Å². The van der Waals surface area contributed by atoms with Crippen molar-refractivity contribution in [3.05, 3.63) is 64.2 Å². The van der Waals surface area contributed by atoms with Crippen LogP contribution in [0.1, 0.15) is 62.6 Å². The van der Waals surface area contributed by atoms with Crippen molar-refractivity contribution in [2.75, 3.05) is 13.2 Å². The van der Waals surface area contributed by atoms with Gasteiger partial charge in [-0.2, -0.15) is 0 Å². The summed E-state index contributed by atoms with van der Waals surface area (Å²) >= 11 is 0. The number of aldehydes is 1. The van der Waals surface area contributed by atoms with E-state index in [9.17, 15) is 9.59 Å². The van der Waals surface area contributed by atoms with E-state index in [-0.39, 0.29) is 12.0 Å². The predicted octanol–water partition coefficient (Wildman–Crippen LogP) is 3.43. The first-order chi connectivity index (χ1) is 13.6. The Kier molecular flexibility index (Phi) is 5.44. The number of nitrogens with two attached hydrogens (primary N) is 1. The predicted molar refractivity (Wildman–Crippen MR) is 106 cm³/mol. The number of amides is 1. The van der Waals surface area contributed by atoms with Crippen LogP contribution in [-0.2, 0) is 17.6 Å². The fraction of sp³-hybridized carbons (Fsp3) is 0.391. The second kappa shape index (κ2) is 8.15. The molecule has 1 heterocycles. The standard InChI is InChI=1S/C23H25NO4/c24-23(26)21-8-7-19(28-14-20-2-1-9-27-20)12-22(21)18-6-5-16-10-15(13-25)3-4-17(16)11-18/h3-4,7-8,10,12-13,18,20H,1-2,5-6,9,11,14H2,(H2,24,26)/t18-,20-/m0/s1. The number of rotatable bonds is 6. The van der Waals surface area contributed by atoms with Crippen LogP contribution in [0.2, 0.25) is 0 Å². The molecule has 0 unspecified atom stereocenters. The van der Waals surface area contributed by atoms with Crippen LogP contribution in [0.3, 0.4) is 0 Å². The Morgan fingerprint density at radius 2 is 2.07 bits per heavy atom. The maximum atomic E-state index is 12.0. The minimum Gasteiger partial charge on any atom is -0.491 e. The van der Waals surface area contributed by atoms with Gasteiger partial charge in [-0.1, -0.05) is 12.1 Å². The van der Waals surface area contributed by atoms with Gasteiger partial charge in [0.05, 0.1) is 6.10 Å². The molecule has 1 aliphatic heterocycles. The lowest BCUT2D eigenvalue weighted by atomic mass is 9.78. The second-order valence-corrected chi connectivity index (χ2v) is 7.65. The smallest absolute Gasteiger partial charge is 0.248 e. The largest absolute Gasteiger partial charge is 0.491 e. The van der Waals surface area contributed by atoms with E-state index in [0.29, 0.717) is 17.7 Å². The summed E-state index contributed by atoms with van der Waals surface area (Å²) in [5, 5.41) is 0. The molecule has 1 fully saturated rings. The average Bonchev–Trinajstić information content (AvgIpc) is 3.25. The van der Waals surface area contributed by atoms with Gasteiger partial charge in [0.15, 0.2) is 0 Å². The van der Waals surface area contributed by atoms with Gasteiger partial charge in [-0.25, -0.2) is 0 Å². The van der Waals surface area contributed by atoms with Crippen LogP contribution in [0.15, 0.2) is 36.4 Å². The zero-order valence-corrected chi connectivity index (χ0v) is 15.9. The van der Waals surface area contributed by atoms with E-state index in [4.69, 9.17) is 15.2 Å². The topological polar surface area (TPSA) is 78.6 Å². The number of carbonyl (C=O) groups excluding carboxylic acids is 2. The van der Waals surface area contributed by atoms with Gasteiger partial charge in [0.1, 0.15) is 18.6 Å². The van der Waals surface area contributed by atoms with Crippen LogP contribution in [0.5, 0.6) is 5.75 Å². The lowest BCUT2D eigenvalue weighted by Crippen LogP contribution is -2.20. The molecule has 1 saturated heterocycles. The molecular formula is C23H25NO4. The van der Waals surface area contributed by atoms with Crippen molar-refractivity contribution >= 4 is 12.2 Å². The Balaban J connectivity index is 1.56. The van der Waals surface area contributed by atoms with Crippen molar-refractivity contribution in [1.29, 1.82) is 0 Å². The molecule has 5 heteroatoms. The molecule has 0 bridgehead atoms. The van der Waals surface area contributed by atoms with E-state index >= 15 is 0 Å². The highest BCUT2D eigenvalue weighted by Crippen LogP contribution is 2.36. The first-order valence-electron chi connectivity index (χ1n) is 9.89. The van der Waals surface area contributed by atoms with E-state index in [1.165, 1.54) is 11.1 Å². The Morgan fingerprint density at radius 1 is 1.18 bits per heavy atom. The van der Waals surface area contributed by atoms with Gasteiger partial charge in [-0.15, -0.1) is 0 Å². The molecule has 1 aliphatic carbocycles. The zero-order valence-electron chi connectivity index (χ0n) is 15.9. The van der Waals surface area contributed by atoms with Crippen molar-refractivity contribution in [2.45, 2.75) is 44.1 Å². The lowest BCUT2D eigenvalue weighted by molar-refractivity contribution is 0.0679. The summed E-state index contributed by atoms with van der Waals surface area (Å²) in [6.07, 6.45) is 5.73. The number of hydrogen-bond donors (Lipinski definition) is 1. The van der Waals surface area contributed by atoms with Crippen LogP contribution in [0.25, 0.3) is 0 Å². The second-order valence-electron chi connectivity index (χ2n) is 7.65. The molecule has 2 N–H and O–H groups in total. The Morgan fingerprint density at radius 3 is 2.82 bits per heavy atom. The number of aryl methyl sites for hydroxylation is 1. The number of carbonyl (C=O) groups is 2. The van der Waals surface area contributed by atoms with E-state index in [1.54, 1.807) is 6.07 Å². The number of fused-ring (bicyclic) bond motifs is 1. The summed E-state index contributed by atoms with van der Waals surface area (Å²) < 4.78 is 11.6. The third-order valence-corrected chi connectivity index (χ3v) is 5.78. The molecule has 2 atom stereocenters. The van der Waals surface area contributed by atoms with Gasteiger partial charge in [-0.05, 0) is 79.0 Å². The molecule has 0 aromatic heterocycles. The average molecular weight is 379 g/mol. The van der Waals surface area contributed by atoms with Gasteiger partial charge >= 0.3 is 0 Å². The number of benzene rings is 2. The number of ether oxygens (including phenoxy) is 2. The summed E-state index contributed by atoms with van der Waals surface area (Å²) in [6.45, 7) is 1.32. The molecule has 0 spiro atoms. The molecule has 0 radical (unpaired) electrons. The van der Waals surface area contributed by atoms with E-state index in [2.05, 4.69) is 0 Å². The summed E-state index contributed by atoms with van der Waals surface area (Å²) in [4.78, 5) is 23.0. The van der Waals surface area contributed by atoms with E-state index < -0.39 is 5.91 Å². The van der Waals surface area contributed by atoms with Gasteiger partial charge < -0.3 is 15.2 Å². The fourth-order valence-corrected chi connectivity index (χ4v) is 4.27. The van der Waals surface area contributed by atoms with Crippen molar-refractivity contribution in [3.8, 4) is 5.75 Å². The molecular weight excluding hydrogens is 354 g/mol. The van der Waals surface area contributed by atoms with Crippen LogP contribution in [0, 0.1) is 0 Å². The molecule has 0 saturated carbocycles. The third kappa shape index (κ3) is 3.94. The maximum Gasteiger partial charge on any atom is 0.248 e. The minimum atomic E-state index is -0.414. The molecule has 28 heavy (non-hydrogen) atoms. The Hall–Kier alpha value is -2.66. The highest BCUT2D eigenvalue weighted by atomic mass is 16.5. The number of primary amides is 1. The van der Waals surface area contributed by atoms with Gasteiger partial charge in [-0.3, -0.25) is 9.59 Å². The minimum absolute atomic E-state index is 0.146. The Bertz CT molecular complexity index is 886. The van der Waals surface area contributed by atoms with Crippen LogP contribution >= 0.6 is 0 Å². The van der Waals surface area contributed by atoms with Crippen molar-refractivity contribution < 1.29 is 19.1 Å². The normalized spacial score (nSPS) is 21.1. The van der Waals surface area contributed by atoms with Crippen molar-refractivity contribution in [1.82, 2.24) is 0 Å². The van der Waals surface area contributed by atoms with E-state index in [0.717, 1.165) is 56.3 Å². The first kappa shape index (κ1) is 18.7. The fourth-order valence-electron chi connectivity index (χ4n) is 4.27. The highest BCUT2D eigenvalue weighted by molar-refractivity contribution is 5.94. The van der Waals surface area contributed by atoms with Crippen molar-refractivity contribution in [3.63, 3.8) is 0 Å². The molecule has 1 amide bonds. The summed E-state index contributed by atoms with van der Waals surface area (Å²) in [5.41, 5.74) is 10.3. The number of hydrogen-bond acceptors (Lipinski definition) is 4. The third-order valence-electron chi connectivity index (χ3n) is 5.78. The molecule has 146 valence electrons. The quantitative estimate of drug-likeness (QED) is 0.780. The molecule has 5 nitrogen and oxygen atoms in total. The van der Waals surface area contributed by atoms with Crippen molar-refractivity contribution in [2.24, 2.45) is 5.73 Å². The zero-order chi connectivity index (χ0) is 19.5. The van der Waals surface area contributed by atoms with Gasteiger partial charge in [0, 0.05) is 17.7 Å². The first-order valence-corrected chi connectivity index (χ1v) is 9.89.